The van der Waals surface area contributed by atoms with Crippen LogP contribution < -0.4 is 0 Å². The third kappa shape index (κ3) is 5.95. The summed E-state index contributed by atoms with van der Waals surface area (Å²) >= 11 is 0. The van der Waals surface area contributed by atoms with Crippen molar-refractivity contribution in [3.05, 3.63) is 59.7 Å². The molecule has 0 N–H and O–H groups in total. The Labute approximate surface area is 118 Å². The van der Waals surface area contributed by atoms with Crippen molar-refractivity contribution in [3.63, 3.8) is 0 Å². The van der Waals surface area contributed by atoms with Crippen LogP contribution in [0.5, 0.6) is 0 Å². The fraction of sp³-hybridized carbons (Fsp3) is 0.375. The van der Waals surface area contributed by atoms with Gasteiger partial charge in [0.05, 0.1) is 0 Å². The summed E-state index contributed by atoms with van der Waals surface area (Å²) < 4.78 is 0. The Bertz CT molecular complexity index is 314. The van der Waals surface area contributed by atoms with Gasteiger partial charge in [0, 0.05) is 0 Å². The molecule has 0 aliphatic rings. The van der Waals surface area contributed by atoms with E-state index in [0.717, 1.165) is 0 Å². The van der Waals surface area contributed by atoms with E-state index in [1.165, 1.54) is 11.1 Å². The second kappa shape index (κ2) is 8.39. The molecule has 0 aromatic heterocycles. The molecule has 1 heteroatoms. The van der Waals surface area contributed by atoms with Gasteiger partial charge < -0.3 is 0 Å². The maximum atomic E-state index is 2.20. The molecule has 0 fully saturated rings. The van der Waals surface area contributed by atoms with Gasteiger partial charge in [-0.15, -0.1) is 0 Å². The summed E-state index contributed by atoms with van der Waals surface area (Å²) in [6.45, 7) is 8.81. The van der Waals surface area contributed by atoms with Gasteiger partial charge in [-0.05, 0) is 0 Å². The van der Waals surface area contributed by atoms with Gasteiger partial charge in [0.15, 0.2) is 0 Å². The quantitative estimate of drug-likeness (QED) is 0.666. The molecule has 0 nitrogen and oxygen atoms in total. The third-order valence-corrected chi connectivity index (χ3v) is 2.71. The minimum Gasteiger partial charge on any atom is -0.213 e. The minimum atomic E-state index is 0. The Kier molecular flexibility index (Phi) is 8.03. The van der Waals surface area contributed by atoms with Crippen molar-refractivity contribution in [1.29, 1.82) is 0 Å². The van der Waals surface area contributed by atoms with E-state index < -0.39 is 0 Å². The summed E-state index contributed by atoms with van der Waals surface area (Å²) in [6, 6.07) is 16.9. The summed E-state index contributed by atoms with van der Waals surface area (Å²) in [6.07, 6.45) is 0. The Hall–Kier alpha value is -0.716. The molecule has 0 unspecified atom stereocenters. The van der Waals surface area contributed by atoms with E-state index in [2.05, 4.69) is 76.2 Å². The monoisotopic (exact) mass is 265 g/mol. The summed E-state index contributed by atoms with van der Waals surface area (Å²) in [4.78, 5) is 0. The van der Waals surface area contributed by atoms with E-state index in [-0.39, 0.29) is 18.6 Å². The van der Waals surface area contributed by atoms with E-state index in [9.17, 15) is 0 Å². The zero-order chi connectivity index (χ0) is 12.0. The first kappa shape index (κ1) is 16.3. The van der Waals surface area contributed by atoms with Gasteiger partial charge in [-0.1, -0.05) is 39.5 Å². The van der Waals surface area contributed by atoms with Gasteiger partial charge in [-0.25, -0.2) is 24.3 Å². The first-order valence-electron chi connectivity index (χ1n) is 6.04. The summed E-state index contributed by atoms with van der Waals surface area (Å²) in [5.41, 5.74) is 2.87. The number of hydrogen-bond acceptors (Lipinski definition) is 0. The molecule has 2 aromatic carbocycles. The molecule has 91 valence electrons. The number of rotatable bonds is 2. The van der Waals surface area contributed by atoms with Gasteiger partial charge in [0.25, 0.3) is 0 Å². The van der Waals surface area contributed by atoms with Gasteiger partial charge >= 0.3 is 18.6 Å². The molecule has 0 amide bonds. The van der Waals surface area contributed by atoms with Crippen molar-refractivity contribution < 1.29 is 18.6 Å². The van der Waals surface area contributed by atoms with Crippen LogP contribution in [0.3, 0.4) is 0 Å². The number of hydrogen-bond donors (Lipinski definition) is 0. The normalized spacial score (nSPS) is 9.76. The first-order valence-corrected chi connectivity index (χ1v) is 6.04. The molecule has 17 heavy (non-hydrogen) atoms. The van der Waals surface area contributed by atoms with Crippen LogP contribution >= 0.6 is 0 Å². The van der Waals surface area contributed by atoms with Crippen LogP contribution in [0.1, 0.15) is 50.7 Å². The molecule has 0 saturated heterocycles. The van der Waals surface area contributed by atoms with Crippen LogP contribution in [-0.4, -0.2) is 0 Å². The fourth-order valence-electron chi connectivity index (χ4n) is 1.55. The SMILES string of the molecule is CC(C)[c-]1cccc1.CC(C)[c-]1cccc1.[V+2]. The van der Waals surface area contributed by atoms with E-state index in [1.807, 2.05) is 0 Å². The topological polar surface area (TPSA) is 0 Å². The third-order valence-electron chi connectivity index (χ3n) is 2.71. The largest absolute Gasteiger partial charge is 2.00 e. The molecule has 0 saturated carbocycles. The Morgan fingerprint density at radius 1 is 0.588 bits per heavy atom. The average Bonchev–Trinajstić information content (AvgIpc) is 2.93. The smallest absolute Gasteiger partial charge is 0.213 e. The van der Waals surface area contributed by atoms with E-state index in [0.29, 0.717) is 11.8 Å². The maximum Gasteiger partial charge on any atom is 2.00 e. The summed E-state index contributed by atoms with van der Waals surface area (Å²) in [5.74, 6) is 1.37. The average molecular weight is 265 g/mol. The summed E-state index contributed by atoms with van der Waals surface area (Å²) in [7, 11) is 0. The predicted octanol–water partition coefficient (Wildman–Crippen LogP) is 5.06. The van der Waals surface area contributed by atoms with Gasteiger partial charge in [0.1, 0.15) is 0 Å². The van der Waals surface area contributed by atoms with E-state index in [1.54, 1.807) is 0 Å². The van der Waals surface area contributed by atoms with Crippen molar-refractivity contribution in [2.45, 2.75) is 39.5 Å². The van der Waals surface area contributed by atoms with E-state index >= 15 is 0 Å². The van der Waals surface area contributed by atoms with Crippen LogP contribution in [0.4, 0.5) is 0 Å². The van der Waals surface area contributed by atoms with Crippen LogP contribution in [0.2, 0.25) is 0 Å². The van der Waals surface area contributed by atoms with E-state index in [4.69, 9.17) is 0 Å². The molecule has 2 aromatic rings. The molecule has 0 bridgehead atoms. The maximum absolute atomic E-state index is 2.20. The van der Waals surface area contributed by atoms with Gasteiger partial charge in [0.2, 0.25) is 0 Å². The van der Waals surface area contributed by atoms with Crippen molar-refractivity contribution in [3.8, 4) is 0 Å². The molecule has 0 spiro atoms. The predicted molar refractivity (Wildman–Crippen MR) is 72.2 cm³/mol. The van der Waals surface area contributed by atoms with Crippen LogP contribution in [0, 0.1) is 0 Å². The van der Waals surface area contributed by atoms with Crippen molar-refractivity contribution >= 4 is 0 Å². The Morgan fingerprint density at radius 2 is 0.824 bits per heavy atom. The van der Waals surface area contributed by atoms with Gasteiger partial charge in [-0.3, -0.25) is 0 Å². The molecule has 0 heterocycles. The van der Waals surface area contributed by atoms with Crippen molar-refractivity contribution in [2.75, 3.05) is 0 Å². The fourth-order valence-corrected chi connectivity index (χ4v) is 1.55. The molecular formula is C16H22V. The van der Waals surface area contributed by atoms with Crippen LogP contribution in [0.15, 0.2) is 48.5 Å². The van der Waals surface area contributed by atoms with Gasteiger partial charge in [-0.2, -0.15) is 35.4 Å². The molecule has 0 aliphatic heterocycles. The molecule has 2 rings (SSSR count). The molecule has 0 aliphatic carbocycles. The molecular weight excluding hydrogens is 243 g/mol. The second-order valence-corrected chi connectivity index (χ2v) is 4.75. The first-order chi connectivity index (χ1) is 7.61. The second-order valence-electron chi connectivity index (χ2n) is 4.75. The van der Waals surface area contributed by atoms with Crippen LogP contribution in [0.25, 0.3) is 0 Å². The van der Waals surface area contributed by atoms with Crippen molar-refractivity contribution in [1.82, 2.24) is 0 Å². The zero-order valence-corrected chi connectivity index (χ0v) is 12.6. The standard InChI is InChI=1S/2C8H11.V/c2*1-7(2)8-5-3-4-6-8;/h2*3-7H,1-2H3;/q2*-1;+2. The zero-order valence-electron chi connectivity index (χ0n) is 11.2. The van der Waals surface area contributed by atoms with Crippen molar-refractivity contribution in [2.24, 2.45) is 0 Å². The van der Waals surface area contributed by atoms with Crippen LogP contribution in [-0.2, 0) is 18.6 Å². The minimum absolute atomic E-state index is 0. The Morgan fingerprint density at radius 3 is 0.941 bits per heavy atom. The molecule has 1 radical (unpaired) electrons. The Balaban J connectivity index is 0.000000284. The molecule has 0 atom stereocenters. The summed E-state index contributed by atoms with van der Waals surface area (Å²) in [5, 5.41) is 0.